The number of carbonyl (C=O) groups excluding carboxylic acids is 1. The Labute approximate surface area is 147 Å². The topological polar surface area (TPSA) is 61.0 Å². The lowest BCUT2D eigenvalue weighted by Crippen LogP contribution is -2.27. The molecule has 0 spiro atoms. The summed E-state index contributed by atoms with van der Waals surface area (Å²) >= 11 is 1.64. The number of aryl methyl sites for hydroxylation is 2. The zero-order valence-electron chi connectivity index (χ0n) is 14.7. The zero-order chi connectivity index (χ0) is 17.1. The molecule has 0 atom stereocenters. The maximum absolute atomic E-state index is 12.5. The highest BCUT2D eigenvalue weighted by molar-refractivity contribution is 7.18. The Morgan fingerprint density at radius 1 is 1.46 bits per heavy atom. The second-order valence-electron chi connectivity index (χ2n) is 6.94. The molecule has 24 heavy (non-hydrogen) atoms. The minimum atomic E-state index is 0.0122. The van der Waals surface area contributed by atoms with Crippen LogP contribution in [0.3, 0.4) is 0 Å². The van der Waals surface area contributed by atoms with Crippen molar-refractivity contribution < 1.29 is 4.79 Å². The Kier molecular flexibility index (Phi) is 5.23. The van der Waals surface area contributed by atoms with Crippen LogP contribution in [0.5, 0.6) is 0 Å². The van der Waals surface area contributed by atoms with Crippen LogP contribution in [0.4, 0.5) is 5.00 Å². The third-order valence-electron chi connectivity index (χ3n) is 4.38. The van der Waals surface area contributed by atoms with Gasteiger partial charge in [0.05, 0.1) is 16.1 Å². The maximum Gasteiger partial charge on any atom is 0.261 e. The number of hydrogen-bond donors (Lipinski definition) is 2. The van der Waals surface area contributed by atoms with E-state index in [0.29, 0.717) is 12.5 Å². The van der Waals surface area contributed by atoms with E-state index in [-0.39, 0.29) is 5.91 Å². The summed E-state index contributed by atoms with van der Waals surface area (Å²) in [6.45, 7) is 9.13. The lowest BCUT2D eigenvalue weighted by molar-refractivity contribution is 0.0955. The van der Waals surface area contributed by atoms with Crippen molar-refractivity contribution in [3.05, 3.63) is 34.0 Å². The number of rotatable bonds is 5. The van der Waals surface area contributed by atoms with E-state index in [9.17, 15) is 4.79 Å². The van der Waals surface area contributed by atoms with Gasteiger partial charge in [0.25, 0.3) is 5.91 Å². The van der Waals surface area contributed by atoms with Crippen molar-refractivity contribution in [1.82, 2.24) is 15.5 Å². The van der Waals surface area contributed by atoms with Crippen molar-refractivity contribution in [2.75, 3.05) is 18.0 Å². The second-order valence-corrected chi connectivity index (χ2v) is 7.97. The van der Waals surface area contributed by atoms with E-state index in [1.807, 2.05) is 6.92 Å². The van der Waals surface area contributed by atoms with Crippen LogP contribution in [-0.4, -0.2) is 29.2 Å². The number of nitrogens with one attached hydrogen (secondary N) is 2. The van der Waals surface area contributed by atoms with Gasteiger partial charge in [0.1, 0.15) is 0 Å². The van der Waals surface area contributed by atoms with Crippen LogP contribution in [0.25, 0.3) is 0 Å². The number of nitrogens with zero attached hydrogens (tertiary/aromatic N) is 2. The summed E-state index contributed by atoms with van der Waals surface area (Å²) in [5.74, 6) is 0.637. The summed E-state index contributed by atoms with van der Waals surface area (Å²) in [5.41, 5.74) is 3.37. The smallest absolute Gasteiger partial charge is 0.261 e. The highest BCUT2D eigenvalue weighted by Crippen LogP contribution is 2.35. The molecular formula is C18H26N4OS. The molecule has 0 saturated heterocycles. The molecule has 2 aromatic rings. The molecule has 3 heterocycles. The van der Waals surface area contributed by atoms with Gasteiger partial charge in [-0.25, -0.2) is 0 Å². The fourth-order valence-electron chi connectivity index (χ4n) is 3.13. The Balaban J connectivity index is 1.72. The first kappa shape index (κ1) is 17.0. The molecule has 0 aliphatic carbocycles. The molecule has 1 aliphatic rings. The first-order valence-electron chi connectivity index (χ1n) is 8.69. The third-order valence-corrected chi connectivity index (χ3v) is 5.62. The van der Waals surface area contributed by atoms with Gasteiger partial charge in [-0.15, -0.1) is 11.3 Å². The molecule has 1 amide bonds. The number of H-pyrrole nitrogens is 1. The van der Waals surface area contributed by atoms with E-state index in [1.54, 1.807) is 17.5 Å². The molecule has 5 nitrogen and oxygen atoms in total. The van der Waals surface area contributed by atoms with Gasteiger partial charge in [-0.3, -0.25) is 9.89 Å². The van der Waals surface area contributed by atoms with Gasteiger partial charge in [-0.05, 0) is 43.7 Å². The van der Waals surface area contributed by atoms with Crippen molar-refractivity contribution in [2.24, 2.45) is 5.92 Å². The number of aromatic amines is 1. The predicted molar refractivity (Wildman–Crippen MR) is 98.8 cm³/mol. The summed E-state index contributed by atoms with van der Waals surface area (Å²) in [6, 6.07) is 2.09. The van der Waals surface area contributed by atoms with Gasteiger partial charge in [0, 0.05) is 30.9 Å². The maximum atomic E-state index is 12.5. The van der Waals surface area contributed by atoms with Gasteiger partial charge >= 0.3 is 0 Å². The third kappa shape index (κ3) is 3.80. The van der Waals surface area contributed by atoms with Gasteiger partial charge in [-0.1, -0.05) is 13.8 Å². The fourth-order valence-corrected chi connectivity index (χ4v) is 4.29. The SMILES string of the molecule is Cc1[nH]ncc1CNC(=O)c1cc2c(s1)N(CC(C)C)CCCC2. The van der Waals surface area contributed by atoms with E-state index in [4.69, 9.17) is 0 Å². The number of aromatic nitrogens is 2. The summed E-state index contributed by atoms with van der Waals surface area (Å²) in [5, 5.41) is 11.2. The van der Waals surface area contributed by atoms with E-state index in [2.05, 4.69) is 40.3 Å². The molecule has 2 N–H and O–H groups in total. The number of fused-ring (bicyclic) bond motifs is 1. The summed E-state index contributed by atoms with van der Waals surface area (Å²) < 4.78 is 0. The number of carbonyl (C=O) groups is 1. The Hall–Kier alpha value is -1.82. The minimum Gasteiger partial charge on any atom is -0.363 e. The van der Waals surface area contributed by atoms with Crippen LogP contribution in [-0.2, 0) is 13.0 Å². The molecule has 0 bridgehead atoms. The predicted octanol–water partition coefficient (Wildman–Crippen LogP) is 3.51. The molecule has 0 aromatic carbocycles. The minimum absolute atomic E-state index is 0.0122. The highest BCUT2D eigenvalue weighted by Gasteiger charge is 2.22. The lowest BCUT2D eigenvalue weighted by atomic mass is 10.1. The molecule has 0 unspecified atom stereocenters. The van der Waals surface area contributed by atoms with Crippen LogP contribution >= 0.6 is 11.3 Å². The highest BCUT2D eigenvalue weighted by atomic mass is 32.1. The van der Waals surface area contributed by atoms with Crippen molar-refractivity contribution in [3.8, 4) is 0 Å². The molecule has 0 radical (unpaired) electrons. The van der Waals surface area contributed by atoms with Gasteiger partial charge in [0.2, 0.25) is 0 Å². The van der Waals surface area contributed by atoms with Crippen LogP contribution in [0.15, 0.2) is 12.3 Å². The fraction of sp³-hybridized carbons (Fsp3) is 0.556. The van der Waals surface area contributed by atoms with Gasteiger partial charge < -0.3 is 10.2 Å². The first-order chi connectivity index (χ1) is 11.5. The van der Waals surface area contributed by atoms with Crippen LogP contribution < -0.4 is 10.2 Å². The van der Waals surface area contributed by atoms with Gasteiger partial charge in [0.15, 0.2) is 0 Å². The van der Waals surface area contributed by atoms with E-state index in [1.165, 1.54) is 23.4 Å². The standard InChI is InChI=1S/C18H26N4OS/c1-12(2)11-22-7-5-4-6-14-8-16(24-18(14)22)17(23)19-9-15-10-20-21-13(15)3/h8,10,12H,4-7,9,11H2,1-3H3,(H,19,23)(H,20,21). The van der Waals surface area contributed by atoms with Crippen molar-refractivity contribution in [3.63, 3.8) is 0 Å². The average molecular weight is 347 g/mol. The second kappa shape index (κ2) is 7.38. The van der Waals surface area contributed by atoms with Crippen LogP contribution in [0, 0.1) is 12.8 Å². The molecule has 0 fully saturated rings. The Bertz CT molecular complexity index is 704. The summed E-state index contributed by atoms with van der Waals surface area (Å²) in [4.78, 5) is 15.8. The van der Waals surface area contributed by atoms with E-state index < -0.39 is 0 Å². The molecule has 2 aromatic heterocycles. The summed E-state index contributed by atoms with van der Waals surface area (Å²) in [7, 11) is 0. The molecule has 0 saturated carbocycles. The molecule has 6 heteroatoms. The van der Waals surface area contributed by atoms with E-state index >= 15 is 0 Å². The van der Waals surface area contributed by atoms with Crippen molar-refractivity contribution in [1.29, 1.82) is 0 Å². The van der Waals surface area contributed by atoms with E-state index in [0.717, 1.165) is 35.6 Å². The van der Waals surface area contributed by atoms with Crippen LogP contribution in [0.2, 0.25) is 0 Å². The number of thiophene rings is 1. The molecule has 130 valence electrons. The van der Waals surface area contributed by atoms with Gasteiger partial charge in [-0.2, -0.15) is 5.10 Å². The average Bonchev–Trinajstić information content (AvgIpc) is 3.10. The molecular weight excluding hydrogens is 320 g/mol. The number of hydrogen-bond acceptors (Lipinski definition) is 4. The van der Waals surface area contributed by atoms with Crippen molar-refractivity contribution in [2.45, 2.75) is 46.6 Å². The molecule has 1 aliphatic heterocycles. The van der Waals surface area contributed by atoms with Crippen LogP contribution in [0.1, 0.15) is 53.2 Å². The molecule has 3 rings (SSSR count). The van der Waals surface area contributed by atoms with Crippen molar-refractivity contribution >= 4 is 22.2 Å². The quantitative estimate of drug-likeness (QED) is 0.871. The lowest BCUT2D eigenvalue weighted by Gasteiger charge is -2.24. The zero-order valence-corrected chi connectivity index (χ0v) is 15.5. The largest absolute Gasteiger partial charge is 0.363 e. The summed E-state index contributed by atoms with van der Waals surface area (Å²) in [6.07, 6.45) is 5.28. The monoisotopic (exact) mass is 346 g/mol. The normalized spacial score (nSPS) is 14.6. The number of anilines is 1. The Morgan fingerprint density at radius 2 is 2.29 bits per heavy atom. The number of amides is 1. The first-order valence-corrected chi connectivity index (χ1v) is 9.51. The Morgan fingerprint density at radius 3 is 3.00 bits per heavy atom.